The van der Waals surface area contributed by atoms with Crippen molar-refractivity contribution in [2.24, 2.45) is 4.90 Å². The number of rotatable bonds is 1. The molecule has 0 rings (SSSR count). The van der Waals surface area contributed by atoms with Gasteiger partial charge < -0.3 is 15.4 Å². The molecule has 0 aliphatic rings. The molecule has 0 aliphatic heterocycles. The van der Waals surface area contributed by atoms with E-state index < -0.39 is 0 Å². The number of guanidine groups is 1. The fraction of sp³-hybridized carbons (Fsp3) is 0.500. The minimum Gasteiger partial charge on any atom is -0.408 e. The Morgan fingerprint density at radius 3 is 2.50 bits per heavy atom. The monoisotopic (exact) mass is 109 g/mol. The molecule has 0 fully saturated rings. The molecule has 0 aromatic carbocycles. The van der Waals surface area contributed by atoms with Crippen molar-refractivity contribution < 1.29 is 0 Å². The highest BCUT2D eigenvalue weighted by Crippen LogP contribution is 1.57. The van der Waals surface area contributed by atoms with Crippen LogP contribution in [-0.2, 0) is 0 Å². The fourth-order valence-corrected chi connectivity index (χ4v) is 0.447. The topological polar surface area (TPSA) is 36.4 Å². The molecule has 0 heterocycles. The first-order valence-corrected chi connectivity index (χ1v) is 2.73. The third kappa shape index (κ3) is 2.61. The van der Waals surface area contributed by atoms with E-state index in [0.29, 0.717) is 0 Å². The van der Waals surface area contributed by atoms with E-state index in [1.807, 2.05) is 14.8 Å². The van der Waals surface area contributed by atoms with Gasteiger partial charge in [0.25, 0.3) is 0 Å². The average molecular weight is 109 g/mol. The zero-order valence-corrected chi connectivity index (χ0v) is 5.65. The Hall–Kier alpha value is -0.535. The van der Waals surface area contributed by atoms with Crippen LogP contribution in [0.1, 0.15) is 0 Å². The Bertz CT molecular complexity index is 82.6. The Morgan fingerprint density at radius 2 is 2.38 bits per heavy atom. The van der Waals surface area contributed by atoms with Crippen LogP contribution in [0.15, 0.2) is 4.90 Å². The summed E-state index contributed by atoms with van der Waals surface area (Å²) in [6.45, 7) is 2.03. The van der Waals surface area contributed by atoms with E-state index in [0.717, 1.165) is 13.4 Å². The molecule has 0 saturated heterocycles. The first-order valence-electron chi connectivity index (χ1n) is 2.73. The lowest BCUT2D eigenvalue weighted by molar-refractivity contribution is 1.30. The summed E-state index contributed by atoms with van der Waals surface area (Å²) >= 11 is 0. The van der Waals surface area contributed by atoms with Gasteiger partial charge in [0.1, 0.15) is 0 Å². The van der Waals surface area contributed by atoms with Crippen LogP contribution in [-0.4, -0.2) is 29.3 Å². The van der Waals surface area contributed by atoms with Crippen LogP contribution in [0.2, 0.25) is 6.82 Å². The average Bonchev–Trinajstić information content (AvgIpc) is 1.83. The second-order valence-electron chi connectivity index (χ2n) is 1.35. The molecule has 6 heteroatoms. The van der Waals surface area contributed by atoms with E-state index in [9.17, 15) is 0 Å². The first-order chi connectivity index (χ1) is 3.85. The zero-order chi connectivity index (χ0) is 6.41. The highest BCUT2D eigenvalue weighted by Gasteiger charge is 1.85. The highest BCUT2D eigenvalue weighted by molar-refractivity contribution is 6.38. The van der Waals surface area contributed by atoms with Crippen LogP contribution in [0, 0.1) is 0 Å². The first kappa shape index (κ1) is 7.46. The molecule has 0 aromatic heterocycles. The summed E-state index contributed by atoms with van der Waals surface area (Å²) in [5, 5.41) is 5.91. The molecule has 0 amide bonds. The molecule has 8 heavy (non-hydrogen) atoms. The number of hydrogen-bond acceptors (Lipinski definition) is 1. The van der Waals surface area contributed by atoms with Crippen molar-refractivity contribution in [2.75, 3.05) is 0 Å². The molecule has 0 saturated carbocycles. The summed E-state index contributed by atoms with van der Waals surface area (Å²) in [6.07, 6.45) is 0. The molecule has 0 unspecified atom stereocenters. The zero-order valence-electron chi connectivity index (χ0n) is 5.65. The molecule has 42 valence electrons. The predicted molar refractivity (Wildman–Crippen MR) is 43.8 cm³/mol. The molecular formula is C2H10B3N3. The van der Waals surface area contributed by atoms with Crippen molar-refractivity contribution in [2.45, 2.75) is 6.82 Å². The summed E-state index contributed by atoms with van der Waals surface area (Å²) in [6, 6.07) is 0. The fourth-order valence-electron chi connectivity index (χ4n) is 0.447. The normalized spacial score (nSPS) is 10.4. The van der Waals surface area contributed by atoms with Crippen LogP contribution < -0.4 is 10.5 Å². The van der Waals surface area contributed by atoms with Gasteiger partial charge in [-0.1, -0.05) is 6.82 Å². The summed E-state index contributed by atoms with van der Waals surface area (Å²) < 4.78 is 0. The van der Waals surface area contributed by atoms with Crippen LogP contribution in [0.4, 0.5) is 0 Å². The summed E-state index contributed by atoms with van der Waals surface area (Å²) in [7, 11) is 4.49. The van der Waals surface area contributed by atoms with Crippen molar-refractivity contribution in [3.05, 3.63) is 0 Å². The van der Waals surface area contributed by atoms with Gasteiger partial charge in [-0.2, -0.15) is 0 Å². The minimum atomic E-state index is 0.840. The van der Waals surface area contributed by atoms with Gasteiger partial charge in [-0.3, -0.25) is 0 Å². The van der Waals surface area contributed by atoms with E-state index in [2.05, 4.69) is 15.4 Å². The van der Waals surface area contributed by atoms with Crippen molar-refractivity contribution in [1.29, 1.82) is 0 Å². The van der Waals surface area contributed by atoms with Gasteiger partial charge in [0.05, 0.1) is 0 Å². The molecule has 0 aromatic rings. The van der Waals surface area contributed by atoms with Crippen molar-refractivity contribution in [1.82, 2.24) is 10.5 Å². The Morgan fingerprint density at radius 1 is 1.75 bits per heavy atom. The van der Waals surface area contributed by atoms with Gasteiger partial charge in [0.15, 0.2) is 5.96 Å². The van der Waals surface area contributed by atoms with E-state index in [-0.39, 0.29) is 0 Å². The number of hydrogen-bond donors (Lipinski definition) is 2. The van der Waals surface area contributed by atoms with E-state index in [1.165, 1.54) is 0 Å². The molecule has 0 aliphatic carbocycles. The third-order valence-corrected chi connectivity index (χ3v) is 0.805. The lowest BCUT2D eigenvalue weighted by atomic mass is 10.0. The summed E-state index contributed by atoms with van der Waals surface area (Å²) in [5.41, 5.74) is 0. The van der Waals surface area contributed by atoms with E-state index in [4.69, 9.17) is 0 Å². The predicted octanol–water partition coefficient (Wildman–Crippen LogP) is -2.98. The van der Waals surface area contributed by atoms with Gasteiger partial charge in [-0.05, 0) is 0 Å². The Kier molecular flexibility index (Phi) is 4.31. The van der Waals surface area contributed by atoms with Crippen LogP contribution in [0.5, 0.6) is 0 Å². The Balaban J connectivity index is 3.38. The third-order valence-electron chi connectivity index (χ3n) is 0.805. The second-order valence-corrected chi connectivity index (χ2v) is 1.35. The molecule has 0 spiro atoms. The van der Waals surface area contributed by atoms with Crippen LogP contribution in [0.25, 0.3) is 0 Å². The lowest BCUT2D eigenvalue weighted by Gasteiger charge is -2.03. The van der Waals surface area contributed by atoms with Crippen LogP contribution in [0.3, 0.4) is 0 Å². The standard InChI is InChI=1S/C2H10B3N3/c1-5-8-2(6-3)7-4/h5H,3-4H2,1H3,(H2,6,7,8). The minimum absolute atomic E-state index is 0.840. The maximum Gasteiger partial charge on any atom is 0.248 e. The number of nitrogens with zero attached hydrogens (tertiary/aromatic N) is 1. The molecular weight excluding hydrogens is 98.5 g/mol. The maximum absolute atomic E-state index is 3.89. The maximum atomic E-state index is 3.89. The second kappa shape index (κ2) is 4.62. The van der Waals surface area contributed by atoms with Crippen molar-refractivity contribution in [3.63, 3.8) is 0 Å². The van der Waals surface area contributed by atoms with Gasteiger partial charge in [-0.25, -0.2) is 0 Å². The number of nitrogens with one attached hydrogen (secondary N) is 2. The SMILES string of the molecule is B/N=C(\NB)NBC. The van der Waals surface area contributed by atoms with Gasteiger partial charge in [-0.15, -0.1) is 0 Å². The van der Waals surface area contributed by atoms with Crippen molar-refractivity contribution >= 4 is 29.3 Å². The summed E-state index contributed by atoms with van der Waals surface area (Å²) in [4.78, 5) is 3.89. The molecule has 0 bridgehead atoms. The smallest absolute Gasteiger partial charge is 0.248 e. The molecule has 3 nitrogen and oxygen atoms in total. The van der Waals surface area contributed by atoms with E-state index >= 15 is 0 Å². The Labute approximate surface area is 52.5 Å². The molecule has 0 atom stereocenters. The largest absolute Gasteiger partial charge is 0.408 e. The van der Waals surface area contributed by atoms with Gasteiger partial charge in [0, 0.05) is 0 Å². The molecule has 0 radical (unpaired) electrons. The molecule has 2 N–H and O–H groups in total. The lowest BCUT2D eigenvalue weighted by Crippen LogP contribution is -2.36. The van der Waals surface area contributed by atoms with E-state index in [1.54, 1.807) is 7.98 Å². The van der Waals surface area contributed by atoms with Crippen molar-refractivity contribution in [3.8, 4) is 0 Å². The highest BCUT2D eigenvalue weighted by atomic mass is 15.1. The van der Waals surface area contributed by atoms with Crippen LogP contribution >= 0.6 is 0 Å². The van der Waals surface area contributed by atoms with Gasteiger partial charge in [0.2, 0.25) is 23.4 Å². The quantitative estimate of drug-likeness (QED) is 0.214. The van der Waals surface area contributed by atoms with Gasteiger partial charge >= 0.3 is 0 Å². The summed E-state index contributed by atoms with van der Waals surface area (Å²) in [5.74, 6) is 0.840.